The zero-order chi connectivity index (χ0) is 21.8. The van der Waals surface area contributed by atoms with Gasteiger partial charge in [0.05, 0.1) is 6.61 Å². The van der Waals surface area contributed by atoms with Gasteiger partial charge in [-0.3, -0.25) is 0 Å². The zero-order valence-corrected chi connectivity index (χ0v) is 18.8. The Kier molecular flexibility index (Phi) is 7.10. The molecule has 2 aromatic carbocycles. The number of halogens is 1. The molecule has 1 saturated carbocycles. The summed E-state index contributed by atoms with van der Waals surface area (Å²) in [6.07, 6.45) is 1.76. The molecule has 0 spiro atoms. The Morgan fingerprint density at radius 1 is 1.23 bits per heavy atom. The lowest BCUT2D eigenvalue weighted by Gasteiger charge is -2.34. The Hall–Kier alpha value is -2.04. The second-order valence-electron chi connectivity index (χ2n) is 9.47. The maximum atomic E-state index is 11.4. The first kappa shape index (κ1) is 22.6. The van der Waals surface area contributed by atoms with E-state index >= 15 is 0 Å². The van der Waals surface area contributed by atoms with E-state index in [-0.39, 0.29) is 16.9 Å². The van der Waals surface area contributed by atoms with Crippen molar-refractivity contribution in [3.05, 3.63) is 70.7 Å². The molecular weight excluding hydrogens is 398 g/mol. The Bertz CT molecular complexity index is 849. The van der Waals surface area contributed by atoms with Crippen LogP contribution in [-0.2, 0) is 16.8 Å². The topological polar surface area (TPSA) is 58.6 Å². The SMILES string of the molecule is CC(C)(C)C(C[C@]1(c2cccc(Cl)c2)C[C@@H]1CCOCc1ccccc1)NC(=O)O. The van der Waals surface area contributed by atoms with Gasteiger partial charge in [-0.05, 0) is 53.9 Å². The molecule has 0 bridgehead atoms. The molecule has 0 saturated heterocycles. The molecule has 1 fully saturated rings. The predicted octanol–water partition coefficient (Wildman–Crippen LogP) is 6.28. The number of nitrogens with one attached hydrogen (secondary N) is 1. The molecule has 1 aliphatic rings. The molecule has 0 aromatic heterocycles. The maximum absolute atomic E-state index is 11.4. The molecule has 162 valence electrons. The van der Waals surface area contributed by atoms with E-state index in [4.69, 9.17) is 16.3 Å². The van der Waals surface area contributed by atoms with Crippen LogP contribution in [0.1, 0.15) is 51.2 Å². The summed E-state index contributed by atoms with van der Waals surface area (Å²) >= 11 is 6.30. The Morgan fingerprint density at radius 3 is 2.60 bits per heavy atom. The summed E-state index contributed by atoms with van der Waals surface area (Å²) in [6.45, 7) is 7.55. The van der Waals surface area contributed by atoms with Crippen molar-refractivity contribution >= 4 is 17.7 Å². The van der Waals surface area contributed by atoms with E-state index in [1.807, 2.05) is 36.4 Å². The van der Waals surface area contributed by atoms with Crippen LogP contribution in [0.5, 0.6) is 0 Å². The lowest BCUT2D eigenvalue weighted by Crippen LogP contribution is -2.45. The molecule has 1 amide bonds. The third-order valence-electron chi connectivity index (χ3n) is 6.27. The molecule has 0 aliphatic heterocycles. The van der Waals surface area contributed by atoms with Crippen LogP contribution in [0.3, 0.4) is 0 Å². The van der Waals surface area contributed by atoms with E-state index in [1.165, 1.54) is 11.1 Å². The summed E-state index contributed by atoms with van der Waals surface area (Å²) in [5.41, 5.74) is 2.12. The van der Waals surface area contributed by atoms with Crippen molar-refractivity contribution in [2.24, 2.45) is 11.3 Å². The van der Waals surface area contributed by atoms with E-state index in [1.54, 1.807) is 0 Å². The highest BCUT2D eigenvalue weighted by Gasteiger charge is 2.56. The van der Waals surface area contributed by atoms with E-state index in [0.29, 0.717) is 19.1 Å². The number of rotatable bonds is 9. The lowest BCUT2D eigenvalue weighted by atomic mass is 9.77. The highest BCUT2D eigenvalue weighted by molar-refractivity contribution is 6.30. The van der Waals surface area contributed by atoms with Gasteiger partial charge in [0.15, 0.2) is 0 Å². The van der Waals surface area contributed by atoms with Crippen LogP contribution < -0.4 is 5.32 Å². The molecule has 3 rings (SSSR count). The number of carboxylic acid groups (broad SMARTS) is 1. The van der Waals surface area contributed by atoms with Gasteiger partial charge < -0.3 is 15.2 Å². The van der Waals surface area contributed by atoms with Crippen molar-refractivity contribution in [3.8, 4) is 0 Å². The highest BCUT2D eigenvalue weighted by Crippen LogP contribution is 2.60. The molecule has 4 nitrogen and oxygen atoms in total. The predicted molar refractivity (Wildman–Crippen MR) is 121 cm³/mol. The number of ether oxygens (including phenoxy) is 1. The summed E-state index contributed by atoms with van der Waals surface area (Å²) in [6, 6.07) is 18.1. The van der Waals surface area contributed by atoms with Crippen LogP contribution in [0.25, 0.3) is 0 Å². The largest absolute Gasteiger partial charge is 0.465 e. The van der Waals surface area contributed by atoms with Gasteiger partial charge in [-0.15, -0.1) is 0 Å². The van der Waals surface area contributed by atoms with Crippen LogP contribution in [0.2, 0.25) is 5.02 Å². The van der Waals surface area contributed by atoms with Gasteiger partial charge in [0.2, 0.25) is 0 Å². The molecule has 5 heteroatoms. The van der Waals surface area contributed by atoms with Crippen LogP contribution in [0, 0.1) is 11.3 Å². The fourth-order valence-corrected chi connectivity index (χ4v) is 4.55. The summed E-state index contributed by atoms with van der Waals surface area (Å²) in [5, 5.41) is 12.9. The van der Waals surface area contributed by atoms with E-state index in [2.05, 4.69) is 44.3 Å². The minimum Gasteiger partial charge on any atom is -0.465 e. The van der Waals surface area contributed by atoms with Gasteiger partial charge in [-0.25, -0.2) is 4.79 Å². The Morgan fingerprint density at radius 2 is 1.97 bits per heavy atom. The fourth-order valence-electron chi connectivity index (χ4n) is 4.36. The molecule has 3 atom stereocenters. The minimum absolute atomic E-state index is 0.0681. The Balaban J connectivity index is 1.70. The summed E-state index contributed by atoms with van der Waals surface area (Å²) in [5.74, 6) is 0.451. The van der Waals surface area contributed by atoms with Crippen molar-refractivity contribution in [2.75, 3.05) is 6.61 Å². The van der Waals surface area contributed by atoms with Crippen molar-refractivity contribution in [2.45, 2.75) is 58.1 Å². The number of carbonyl (C=O) groups is 1. The first-order valence-electron chi connectivity index (χ1n) is 10.6. The third-order valence-corrected chi connectivity index (χ3v) is 6.50. The van der Waals surface area contributed by atoms with E-state index in [0.717, 1.165) is 24.3 Å². The van der Waals surface area contributed by atoms with Gasteiger partial charge in [-0.1, -0.05) is 74.8 Å². The maximum Gasteiger partial charge on any atom is 0.404 e. The first-order valence-corrected chi connectivity index (χ1v) is 11.0. The molecule has 2 aromatic rings. The number of hydrogen-bond acceptors (Lipinski definition) is 2. The second kappa shape index (κ2) is 9.40. The first-order chi connectivity index (χ1) is 14.2. The average molecular weight is 430 g/mol. The van der Waals surface area contributed by atoms with Gasteiger partial charge >= 0.3 is 6.09 Å². The Labute approximate surface area is 184 Å². The van der Waals surface area contributed by atoms with E-state index in [9.17, 15) is 9.90 Å². The molecule has 0 heterocycles. The molecular formula is C25H32ClNO3. The summed E-state index contributed by atoms with van der Waals surface area (Å²) in [4.78, 5) is 11.4. The summed E-state index contributed by atoms with van der Waals surface area (Å²) < 4.78 is 5.92. The van der Waals surface area contributed by atoms with Crippen LogP contribution in [0.4, 0.5) is 4.79 Å². The fraction of sp³-hybridized carbons (Fsp3) is 0.480. The van der Waals surface area contributed by atoms with Crippen molar-refractivity contribution in [1.82, 2.24) is 5.32 Å². The monoisotopic (exact) mass is 429 g/mol. The van der Waals surface area contributed by atoms with Crippen LogP contribution in [0.15, 0.2) is 54.6 Å². The molecule has 1 unspecified atom stereocenters. The quantitative estimate of drug-likeness (QED) is 0.461. The highest BCUT2D eigenvalue weighted by atomic mass is 35.5. The number of amides is 1. The molecule has 30 heavy (non-hydrogen) atoms. The molecule has 2 N–H and O–H groups in total. The van der Waals surface area contributed by atoms with Crippen molar-refractivity contribution in [3.63, 3.8) is 0 Å². The second-order valence-corrected chi connectivity index (χ2v) is 9.90. The third kappa shape index (κ3) is 5.77. The van der Waals surface area contributed by atoms with Gasteiger partial charge in [0, 0.05) is 23.1 Å². The van der Waals surface area contributed by atoms with Gasteiger partial charge in [-0.2, -0.15) is 0 Å². The van der Waals surface area contributed by atoms with E-state index < -0.39 is 6.09 Å². The zero-order valence-electron chi connectivity index (χ0n) is 18.0. The van der Waals surface area contributed by atoms with Gasteiger partial charge in [0.25, 0.3) is 0 Å². The van der Waals surface area contributed by atoms with Crippen LogP contribution in [-0.4, -0.2) is 23.8 Å². The summed E-state index contributed by atoms with van der Waals surface area (Å²) in [7, 11) is 0. The molecule has 0 radical (unpaired) electrons. The number of benzene rings is 2. The lowest BCUT2D eigenvalue weighted by molar-refractivity contribution is 0.112. The van der Waals surface area contributed by atoms with Crippen molar-refractivity contribution in [1.29, 1.82) is 0 Å². The normalized spacial score (nSPS) is 21.8. The molecule has 1 aliphatic carbocycles. The number of hydrogen-bond donors (Lipinski definition) is 2. The van der Waals surface area contributed by atoms with Gasteiger partial charge in [0.1, 0.15) is 0 Å². The minimum atomic E-state index is -0.973. The average Bonchev–Trinajstić information content (AvgIpc) is 3.38. The van der Waals surface area contributed by atoms with Crippen LogP contribution >= 0.6 is 11.6 Å². The smallest absolute Gasteiger partial charge is 0.404 e. The van der Waals surface area contributed by atoms with Crippen molar-refractivity contribution < 1.29 is 14.6 Å². The standard InChI is InChI=1S/C25H32ClNO3/c1-24(2,3)22(27-23(28)29)16-25(19-10-7-11-21(26)14-19)15-20(25)12-13-30-17-18-8-5-4-6-9-18/h4-11,14,20,22,27H,12-13,15-17H2,1-3H3,(H,28,29)/t20-,22?,25-/m0/s1.